The van der Waals surface area contributed by atoms with E-state index < -0.39 is 0 Å². The highest BCUT2D eigenvalue weighted by Gasteiger charge is 2.24. The maximum absolute atomic E-state index is 12.4. The molecule has 1 aliphatic heterocycles. The number of nitrogens with zero attached hydrogens (tertiary/aromatic N) is 1. The van der Waals surface area contributed by atoms with Crippen LogP contribution in [0.2, 0.25) is 0 Å². The van der Waals surface area contributed by atoms with Crippen molar-refractivity contribution in [1.82, 2.24) is 4.90 Å². The summed E-state index contributed by atoms with van der Waals surface area (Å²) in [7, 11) is 1.76. The molecule has 1 N–H and O–H groups in total. The normalized spacial score (nSPS) is 16.8. The highest BCUT2D eigenvalue weighted by molar-refractivity contribution is 7.12. The number of hydrogen-bond donors (Lipinski definition) is 1. The Bertz CT molecular complexity index is 709. The van der Waals surface area contributed by atoms with Crippen molar-refractivity contribution >= 4 is 28.8 Å². The van der Waals surface area contributed by atoms with E-state index >= 15 is 0 Å². The average Bonchev–Trinajstić information content (AvgIpc) is 3.29. The lowest BCUT2D eigenvalue weighted by molar-refractivity contribution is -0.124. The van der Waals surface area contributed by atoms with Crippen LogP contribution in [0.3, 0.4) is 0 Å². The lowest BCUT2D eigenvalue weighted by Crippen LogP contribution is -2.29. The Morgan fingerprint density at radius 1 is 1.29 bits per heavy atom. The van der Waals surface area contributed by atoms with Gasteiger partial charge in [0.05, 0.1) is 4.88 Å². The molecule has 0 bridgehead atoms. The van der Waals surface area contributed by atoms with Gasteiger partial charge in [0.15, 0.2) is 0 Å². The van der Waals surface area contributed by atoms with Gasteiger partial charge in [0.1, 0.15) is 6.10 Å². The van der Waals surface area contributed by atoms with E-state index in [1.54, 1.807) is 11.9 Å². The SMILES string of the molecule is CN(Cc1ccccc1NC(=O)[C@H]1CCCO1)C(=O)c1cccs1. The van der Waals surface area contributed by atoms with E-state index in [9.17, 15) is 9.59 Å². The summed E-state index contributed by atoms with van der Waals surface area (Å²) >= 11 is 1.42. The van der Waals surface area contributed by atoms with Crippen molar-refractivity contribution < 1.29 is 14.3 Å². The minimum absolute atomic E-state index is 0.0229. The Morgan fingerprint density at radius 2 is 2.12 bits per heavy atom. The van der Waals surface area contributed by atoms with Gasteiger partial charge in [0, 0.05) is 25.9 Å². The molecule has 1 aromatic heterocycles. The Morgan fingerprint density at radius 3 is 2.83 bits per heavy atom. The molecule has 2 amide bonds. The molecule has 5 nitrogen and oxygen atoms in total. The molecule has 1 atom stereocenters. The van der Waals surface area contributed by atoms with Crippen LogP contribution in [0.15, 0.2) is 41.8 Å². The van der Waals surface area contributed by atoms with Crippen molar-refractivity contribution in [2.24, 2.45) is 0 Å². The van der Waals surface area contributed by atoms with Gasteiger partial charge in [-0.1, -0.05) is 24.3 Å². The number of anilines is 1. The molecule has 1 saturated heterocycles. The van der Waals surface area contributed by atoms with Gasteiger partial charge in [0.25, 0.3) is 11.8 Å². The molecule has 1 aromatic carbocycles. The fraction of sp³-hybridized carbons (Fsp3) is 0.333. The first-order valence-corrected chi connectivity index (χ1v) is 8.82. The Hall–Kier alpha value is -2.18. The molecule has 3 rings (SSSR count). The summed E-state index contributed by atoms with van der Waals surface area (Å²) in [6.07, 6.45) is 1.30. The maximum Gasteiger partial charge on any atom is 0.263 e. The first-order valence-electron chi connectivity index (χ1n) is 7.94. The highest BCUT2D eigenvalue weighted by Crippen LogP contribution is 2.21. The minimum atomic E-state index is -0.372. The van der Waals surface area contributed by atoms with Crippen LogP contribution in [-0.4, -0.2) is 36.5 Å². The zero-order chi connectivity index (χ0) is 16.9. The largest absolute Gasteiger partial charge is 0.368 e. The van der Waals surface area contributed by atoms with E-state index in [1.807, 2.05) is 41.8 Å². The summed E-state index contributed by atoms with van der Waals surface area (Å²) in [5.41, 5.74) is 1.63. The summed E-state index contributed by atoms with van der Waals surface area (Å²) in [5.74, 6) is -0.141. The second kappa shape index (κ2) is 7.59. The zero-order valence-electron chi connectivity index (χ0n) is 13.5. The number of benzene rings is 1. The third-order valence-electron chi connectivity index (χ3n) is 3.98. The molecule has 6 heteroatoms. The molecular formula is C18H20N2O3S. The van der Waals surface area contributed by atoms with E-state index in [4.69, 9.17) is 4.74 Å². The van der Waals surface area contributed by atoms with Gasteiger partial charge in [-0.2, -0.15) is 0 Å². The van der Waals surface area contributed by atoms with Gasteiger partial charge in [-0.25, -0.2) is 0 Å². The van der Waals surface area contributed by atoms with Crippen LogP contribution < -0.4 is 5.32 Å². The van der Waals surface area contributed by atoms with Crippen molar-refractivity contribution in [1.29, 1.82) is 0 Å². The van der Waals surface area contributed by atoms with Gasteiger partial charge in [0.2, 0.25) is 0 Å². The molecular weight excluding hydrogens is 324 g/mol. The monoisotopic (exact) mass is 344 g/mol. The molecule has 126 valence electrons. The number of ether oxygens (including phenoxy) is 1. The lowest BCUT2D eigenvalue weighted by Gasteiger charge is -2.19. The van der Waals surface area contributed by atoms with Gasteiger partial charge < -0.3 is 15.0 Å². The number of rotatable bonds is 5. The van der Waals surface area contributed by atoms with Crippen LogP contribution in [0.1, 0.15) is 28.1 Å². The number of amides is 2. The summed E-state index contributed by atoms with van der Waals surface area (Å²) in [6, 6.07) is 11.2. The quantitative estimate of drug-likeness (QED) is 0.906. The Balaban J connectivity index is 1.69. The summed E-state index contributed by atoms with van der Waals surface area (Å²) in [4.78, 5) is 27.0. The van der Waals surface area contributed by atoms with Gasteiger partial charge in [-0.05, 0) is 35.9 Å². The number of para-hydroxylation sites is 1. The molecule has 0 radical (unpaired) electrons. The topological polar surface area (TPSA) is 58.6 Å². The predicted molar refractivity (Wildman–Crippen MR) is 94.2 cm³/mol. The lowest BCUT2D eigenvalue weighted by atomic mass is 10.1. The third kappa shape index (κ3) is 3.83. The van der Waals surface area contributed by atoms with Crippen LogP contribution in [0.5, 0.6) is 0 Å². The smallest absolute Gasteiger partial charge is 0.263 e. The molecule has 24 heavy (non-hydrogen) atoms. The molecule has 2 aromatic rings. The summed E-state index contributed by atoms with van der Waals surface area (Å²) in [5, 5.41) is 4.82. The molecule has 0 unspecified atom stereocenters. The average molecular weight is 344 g/mol. The minimum Gasteiger partial charge on any atom is -0.368 e. The summed E-state index contributed by atoms with van der Waals surface area (Å²) in [6.45, 7) is 1.07. The fourth-order valence-corrected chi connectivity index (χ4v) is 3.41. The fourth-order valence-electron chi connectivity index (χ4n) is 2.69. The molecule has 0 saturated carbocycles. The van der Waals surface area contributed by atoms with E-state index in [0.717, 1.165) is 24.1 Å². The number of carbonyl (C=O) groups is 2. The van der Waals surface area contributed by atoms with Crippen LogP contribution in [-0.2, 0) is 16.1 Å². The van der Waals surface area contributed by atoms with Crippen molar-refractivity contribution in [2.75, 3.05) is 19.0 Å². The number of hydrogen-bond acceptors (Lipinski definition) is 4. The van der Waals surface area contributed by atoms with Crippen molar-refractivity contribution in [3.8, 4) is 0 Å². The van der Waals surface area contributed by atoms with E-state index in [0.29, 0.717) is 18.0 Å². The van der Waals surface area contributed by atoms with Gasteiger partial charge in [-0.15, -0.1) is 11.3 Å². The number of carbonyl (C=O) groups excluding carboxylic acids is 2. The Labute approximate surface area is 145 Å². The van der Waals surface area contributed by atoms with E-state index in [-0.39, 0.29) is 17.9 Å². The zero-order valence-corrected chi connectivity index (χ0v) is 14.3. The van der Waals surface area contributed by atoms with E-state index in [1.165, 1.54) is 11.3 Å². The summed E-state index contributed by atoms with van der Waals surface area (Å²) < 4.78 is 5.42. The van der Waals surface area contributed by atoms with Gasteiger partial charge in [-0.3, -0.25) is 9.59 Å². The number of thiophene rings is 1. The second-order valence-corrected chi connectivity index (χ2v) is 6.73. The predicted octanol–water partition coefficient (Wildman–Crippen LogP) is 3.14. The van der Waals surface area contributed by atoms with Crippen LogP contribution in [0.25, 0.3) is 0 Å². The van der Waals surface area contributed by atoms with E-state index in [2.05, 4.69) is 5.32 Å². The third-order valence-corrected chi connectivity index (χ3v) is 4.84. The van der Waals surface area contributed by atoms with Crippen LogP contribution in [0, 0.1) is 0 Å². The van der Waals surface area contributed by atoms with Crippen LogP contribution >= 0.6 is 11.3 Å². The Kier molecular flexibility index (Phi) is 5.27. The standard InChI is InChI=1S/C18H20N2O3S/c1-20(18(22)16-9-5-11-24-16)12-13-6-2-3-7-14(13)19-17(21)15-8-4-10-23-15/h2-3,5-7,9,11,15H,4,8,10,12H2,1H3,(H,19,21)/t15-/m1/s1. The first kappa shape index (κ1) is 16.7. The second-order valence-electron chi connectivity index (χ2n) is 5.79. The molecule has 1 aliphatic rings. The number of nitrogens with one attached hydrogen (secondary N) is 1. The van der Waals surface area contributed by atoms with Crippen molar-refractivity contribution in [3.05, 3.63) is 52.2 Å². The maximum atomic E-state index is 12.4. The van der Waals surface area contributed by atoms with Crippen LogP contribution in [0.4, 0.5) is 5.69 Å². The molecule has 1 fully saturated rings. The molecule has 0 aliphatic carbocycles. The highest BCUT2D eigenvalue weighted by atomic mass is 32.1. The van der Waals surface area contributed by atoms with Crippen molar-refractivity contribution in [3.63, 3.8) is 0 Å². The molecule has 0 spiro atoms. The first-order chi connectivity index (χ1) is 11.6. The molecule has 2 heterocycles. The van der Waals surface area contributed by atoms with Gasteiger partial charge >= 0.3 is 0 Å². The van der Waals surface area contributed by atoms with Crippen molar-refractivity contribution in [2.45, 2.75) is 25.5 Å².